The average Bonchev–Trinajstić information content (AvgIpc) is 2.75. The fourth-order valence-corrected chi connectivity index (χ4v) is 1.63. The maximum absolute atomic E-state index is 5.70. The number of aryl methyl sites for hydroxylation is 1. The Bertz CT molecular complexity index is 462. The maximum atomic E-state index is 5.70. The third-order valence-electron chi connectivity index (χ3n) is 2.55. The predicted octanol–water partition coefficient (Wildman–Crippen LogP) is 2.41. The summed E-state index contributed by atoms with van der Waals surface area (Å²) in [4.78, 5) is 4.26. The van der Waals surface area contributed by atoms with Gasteiger partial charge in [0.05, 0.1) is 6.20 Å². The summed E-state index contributed by atoms with van der Waals surface area (Å²) in [5.74, 6) is 1.64. The molecule has 0 fully saturated rings. The molecule has 0 aliphatic carbocycles. The van der Waals surface area contributed by atoms with Gasteiger partial charge in [0.1, 0.15) is 0 Å². The van der Waals surface area contributed by atoms with Crippen molar-refractivity contribution in [2.75, 3.05) is 13.6 Å². The molecule has 1 aromatic heterocycles. The van der Waals surface area contributed by atoms with Crippen molar-refractivity contribution in [3.8, 4) is 11.3 Å². The standard InChI is InChI=1S/C13H16N2O/c1-10-5-3-4-6-11(10)12-9-15-13(16-12)7-8-14-2/h3-6,9,14H,7-8H2,1-2H3. The van der Waals surface area contributed by atoms with E-state index < -0.39 is 0 Å². The van der Waals surface area contributed by atoms with Crippen molar-refractivity contribution in [1.82, 2.24) is 10.3 Å². The summed E-state index contributed by atoms with van der Waals surface area (Å²) in [6.07, 6.45) is 2.62. The van der Waals surface area contributed by atoms with E-state index in [2.05, 4.69) is 29.4 Å². The summed E-state index contributed by atoms with van der Waals surface area (Å²) >= 11 is 0. The first kappa shape index (κ1) is 10.9. The highest BCUT2D eigenvalue weighted by Crippen LogP contribution is 2.23. The monoisotopic (exact) mass is 216 g/mol. The largest absolute Gasteiger partial charge is 0.441 e. The minimum Gasteiger partial charge on any atom is -0.441 e. The summed E-state index contributed by atoms with van der Waals surface area (Å²) < 4.78 is 5.70. The van der Waals surface area contributed by atoms with Crippen LogP contribution in [0.25, 0.3) is 11.3 Å². The Balaban J connectivity index is 2.22. The van der Waals surface area contributed by atoms with Crippen LogP contribution in [-0.4, -0.2) is 18.6 Å². The number of oxazole rings is 1. The molecule has 3 heteroatoms. The van der Waals surface area contributed by atoms with Crippen molar-refractivity contribution in [2.45, 2.75) is 13.3 Å². The van der Waals surface area contributed by atoms with Crippen LogP contribution in [0.5, 0.6) is 0 Å². The van der Waals surface area contributed by atoms with Gasteiger partial charge >= 0.3 is 0 Å². The number of aromatic nitrogens is 1. The first-order valence-corrected chi connectivity index (χ1v) is 5.46. The predicted molar refractivity (Wildman–Crippen MR) is 64.3 cm³/mol. The number of nitrogens with zero attached hydrogens (tertiary/aromatic N) is 1. The fraction of sp³-hybridized carbons (Fsp3) is 0.308. The van der Waals surface area contributed by atoms with Gasteiger partial charge in [0.2, 0.25) is 0 Å². The van der Waals surface area contributed by atoms with E-state index in [1.165, 1.54) is 5.56 Å². The Morgan fingerprint density at radius 2 is 2.12 bits per heavy atom. The Morgan fingerprint density at radius 1 is 1.31 bits per heavy atom. The van der Waals surface area contributed by atoms with Crippen molar-refractivity contribution in [3.05, 3.63) is 41.9 Å². The third-order valence-corrected chi connectivity index (χ3v) is 2.55. The van der Waals surface area contributed by atoms with E-state index in [0.29, 0.717) is 0 Å². The number of nitrogens with one attached hydrogen (secondary N) is 1. The van der Waals surface area contributed by atoms with E-state index in [1.54, 1.807) is 6.20 Å². The van der Waals surface area contributed by atoms with Crippen LogP contribution in [0.3, 0.4) is 0 Å². The molecule has 0 aliphatic heterocycles. The molecule has 0 saturated heterocycles. The van der Waals surface area contributed by atoms with Gasteiger partial charge in [0.25, 0.3) is 0 Å². The Morgan fingerprint density at radius 3 is 2.88 bits per heavy atom. The normalized spacial score (nSPS) is 10.6. The zero-order valence-electron chi connectivity index (χ0n) is 9.66. The van der Waals surface area contributed by atoms with Gasteiger partial charge in [-0.3, -0.25) is 0 Å². The molecule has 2 rings (SSSR count). The molecule has 1 aromatic carbocycles. The molecule has 16 heavy (non-hydrogen) atoms. The van der Waals surface area contributed by atoms with Gasteiger partial charge in [-0.05, 0) is 19.5 Å². The van der Waals surface area contributed by atoms with Gasteiger partial charge in [-0.2, -0.15) is 0 Å². The van der Waals surface area contributed by atoms with E-state index in [1.807, 2.05) is 19.2 Å². The first-order chi connectivity index (χ1) is 7.81. The topological polar surface area (TPSA) is 38.1 Å². The fourth-order valence-electron chi connectivity index (χ4n) is 1.63. The SMILES string of the molecule is CNCCc1ncc(-c2ccccc2C)o1. The first-order valence-electron chi connectivity index (χ1n) is 5.46. The van der Waals surface area contributed by atoms with E-state index in [0.717, 1.165) is 30.2 Å². The molecular weight excluding hydrogens is 200 g/mol. The molecule has 1 heterocycles. The van der Waals surface area contributed by atoms with Crippen LogP contribution in [0.2, 0.25) is 0 Å². The lowest BCUT2D eigenvalue weighted by Crippen LogP contribution is -2.10. The highest BCUT2D eigenvalue weighted by Gasteiger charge is 2.07. The van der Waals surface area contributed by atoms with Crippen LogP contribution in [0.4, 0.5) is 0 Å². The maximum Gasteiger partial charge on any atom is 0.196 e. The van der Waals surface area contributed by atoms with Crippen LogP contribution in [-0.2, 0) is 6.42 Å². The van der Waals surface area contributed by atoms with Crippen molar-refractivity contribution in [2.24, 2.45) is 0 Å². The van der Waals surface area contributed by atoms with Gasteiger partial charge in [0.15, 0.2) is 11.7 Å². The Kier molecular flexibility index (Phi) is 3.37. The van der Waals surface area contributed by atoms with Crippen LogP contribution < -0.4 is 5.32 Å². The lowest BCUT2D eigenvalue weighted by molar-refractivity contribution is 0.500. The Labute approximate surface area is 95.5 Å². The molecule has 0 aliphatic rings. The van der Waals surface area contributed by atoms with Crippen molar-refractivity contribution >= 4 is 0 Å². The minimum atomic E-state index is 0.785. The van der Waals surface area contributed by atoms with Crippen LogP contribution >= 0.6 is 0 Å². The quantitative estimate of drug-likeness (QED) is 0.853. The van der Waals surface area contributed by atoms with Crippen LogP contribution in [0, 0.1) is 6.92 Å². The van der Waals surface area contributed by atoms with E-state index in [4.69, 9.17) is 4.42 Å². The summed E-state index contributed by atoms with van der Waals surface area (Å²) in [7, 11) is 1.92. The number of benzene rings is 1. The highest BCUT2D eigenvalue weighted by atomic mass is 16.4. The van der Waals surface area contributed by atoms with Crippen molar-refractivity contribution in [3.63, 3.8) is 0 Å². The second-order valence-corrected chi connectivity index (χ2v) is 3.79. The van der Waals surface area contributed by atoms with Crippen molar-refractivity contribution < 1.29 is 4.42 Å². The summed E-state index contributed by atoms with van der Waals surface area (Å²) in [6, 6.07) is 8.16. The Hall–Kier alpha value is -1.61. The molecule has 1 N–H and O–H groups in total. The molecular formula is C13H16N2O. The summed E-state index contributed by atoms with van der Waals surface area (Å²) in [6.45, 7) is 2.96. The van der Waals surface area contributed by atoms with Crippen LogP contribution in [0.15, 0.2) is 34.9 Å². The zero-order chi connectivity index (χ0) is 11.4. The van der Waals surface area contributed by atoms with E-state index in [-0.39, 0.29) is 0 Å². The van der Waals surface area contributed by atoms with Gasteiger partial charge < -0.3 is 9.73 Å². The van der Waals surface area contributed by atoms with Gasteiger partial charge in [0, 0.05) is 18.5 Å². The molecule has 0 spiro atoms. The molecule has 0 saturated carbocycles. The molecule has 0 bridgehead atoms. The number of hydrogen-bond acceptors (Lipinski definition) is 3. The molecule has 0 amide bonds. The number of hydrogen-bond donors (Lipinski definition) is 1. The second-order valence-electron chi connectivity index (χ2n) is 3.79. The number of rotatable bonds is 4. The molecule has 2 aromatic rings. The summed E-state index contributed by atoms with van der Waals surface area (Å²) in [5, 5.41) is 3.08. The molecule has 0 atom stereocenters. The zero-order valence-corrected chi connectivity index (χ0v) is 9.66. The van der Waals surface area contributed by atoms with Crippen molar-refractivity contribution in [1.29, 1.82) is 0 Å². The second kappa shape index (κ2) is 4.94. The summed E-state index contributed by atoms with van der Waals surface area (Å²) in [5.41, 5.74) is 2.32. The lowest BCUT2D eigenvalue weighted by atomic mass is 10.1. The minimum absolute atomic E-state index is 0.785. The van der Waals surface area contributed by atoms with Gasteiger partial charge in [-0.25, -0.2) is 4.98 Å². The highest BCUT2D eigenvalue weighted by molar-refractivity contribution is 5.60. The third kappa shape index (κ3) is 2.31. The smallest absolute Gasteiger partial charge is 0.196 e. The molecule has 0 radical (unpaired) electrons. The van der Waals surface area contributed by atoms with Gasteiger partial charge in [-0.15, -0.1) is 0 Å². The van der Waals surface area contributed by atoms with E-state index in [9.17, 15) is 0 Å². The van der Waals surface area contributed by atoms with Crippen LogP contribution in [0.1, 0.15) is 11.5 Å². The molecule has 84 valence electrons. The number of likely N-dealkylation sites (N-methyl/N-ethyl adjacent to an activating group) is 1. The average molecular weight is 216 g/mol. The van der Waals surface area contributed by atoms with Gasteiger partial charge in [-0.1, -0.05) is 24.3 Å². The molecule has 0 unspecified atom stereocenters. The lowest BCUT2D eigenvalue weighted by Gasteiger charge is -2.00. The van der Waals surface area contributed by atoms with E-state index >= 15 is 0 Å². The molecule has 3 nitrogen and oxygen atoms in total.